The number of amides is 3. The number of ether oxygens (including phenoxy) is 1. The van der Waals surface area contributed by atoms with Gasteiger partial charge in [0.05, 0.1) is 7.11 Å². The van der Waals surface area contributed by atoms with E-state index in [1.54, 1.807) is 4.90 Å². The number of nitrogens with zero attached hydrogens (tertiary/aromatic N) is 2. The Kier molecular flexibility index (Phi) is 6.76. The molecule has 2 aliphatic rings. The number of carbonyl (C=O) groups excluding carboxylic acids is 2. The van der Waals surface area contributed by atoms with E-state index in [2.05, 4.69) is 15.5 Å². The summed E-state index contributed by atoms with van der Waals surface area (Å²) in [6.07, 6.45) is 5.30. The molecule has 2 heterocycles. The number of methoxy groups -OCH3 is 1. The highest BCUT2D eigenvalue weighted by Crippen LogP contribution is 2.11. The zero-order chi connectivity index (χ0) is 15.8. The lowest BCUT2D eigenvalue weighted by molar-refractivity contribution is 0.108. The number of hydrogen-bond acceptors (Lipinski definition) is 4. The maximum absolute atomic E-state index is 11.9. The standard InChI is InChI=1S/C15H28N4O3/c1-22-15(21)19-10-5-6-13(12-19)17-14(20)16-7-11-18-8-3-2-4-9-18/h13H,2-12H2,1H3,(H2,16,17,20). The molecule has 0 radical (unpaired) electrons. The van der Waals surface area contributed by atoms with Gasteiger partial charge in [0.15, 0.2) is 0 Å². The van der Waals surface area contributed by atoms with Crippen LogP contribution >= 0.6 is 0 Å². The number of piperidine rings is 2. The molecule has 1 atom stereocenters. The molecule has 7 heteroatoms. The van der Waals surface area contributed by atoms with Crippen LogP contribution < -0.4 is 10.6 Å². The summed E-state index contributed by atoms with van der Waals surface area (Å²) in [5.41, 5.74) is 0. The predicted molar refractivity (Wildman–Crippen MR) is 83.8 cm³/mol. The van der Waals surface area contributed by atoms with Crippen LogP contribution in [0.25, 0.3) is 0 Å². The summed E-state index contributed by atoms with van der Waals surface area (Å²) in [7, 11) is 1.38. The zero-order valence-corrected chi connectivity index (χ0v) is 13.5. The largest absolute Gasteiger partial charge is 0.453 e. The molecule has 1 unspecified atom stereocenters. The molecule has 2 N–H and O–H groups in total. The zero-order valence-electron chi connectivity index (χ0n) is 13.5. The van der Waals surface area contributed by atoms with E-state index >= 15 is 0 Å². The van der Waals surface area contributed by atoms with Gasteiger partial charge < -0.3 is 25.2 Å². The second-order valence-corrected chi connectivity index (χ2v) is 6.06. The molecular weight excluding hydrogens is 284 g/mol. The van der Waals surface area contributed by atoms with Crippen molar-refractivity contribution in [3.63, 3.8) is 0 Å². The number of rotatable bonds is 4. The second kappa shape index (κ2) is 8.82. The fourth-order valence-corrected chi connectivity index (χ4v) is 3.14. The number of likely N-dealkylation sites (tertiary alicyclic amines) is 2. The molecule has 0 aromatic carbocycles. The van der Waals surface area contributed by atoms with Crippen molar-refractivity contribution in [2.45, 2.75) is 38.1 Å². The number of carbonyl (C=O) groups is 2. The molecule has 7 nitrogen and oxygen atoms in total. The first kappa shape index (κ1) is 16.9. The van der Waals surface area contributed by atoms with E-state index in [4.69, 9.17) is 4.74 Å². The second-order valence-electron chi connectivity index (χ2n) is 6.06. The van der Waals surface area contributed by atoms with E-state index in [9.17, 15) is 9.59 Å². The molecule has 126 valence electrons. The van der Waals surface area contributed by atoms with Gasteiger partial charge in [0.25, 0.3) is 0 Å². The quantitative estimate of drug-likeness (QED) is 0.812. The minimum absolute atomic E-state index is 0.00263. The molecule has 0 spiro atoms. The van der Waals surface area contributed by atoms with Crippen molar-refractivity contribution in [1.29, 1.82) is 0 Å². The lowest BCUT2D eigenvalue weighted by Gasteiger charge is -2.32. The van der Waals surface area contributed by atoms with Gasteiger partial charge in [-0.3, -0.25) is 0 Å². The van der Waals surface area contributed by atoms with Crippen molar-refractivity contribution >= 4 is 12.1 Å². The van der Waals surface area contributed by atoms with Crippen LogP contribution in [0, 0.1) is 0 Å². The van der Waals surface area contributed by atoms with Gasteiger partial charge in [0, 0.05) is 32.2 Å². The Labute approximate surface area is 132 Å². The highest BCUT2D eigenvalue weighted by Gasteiger charge is 2.25. The Balaban J connectivity index is 1.62. The summed E-state index contributed by atoms with van der Waals surface area (Å²) in [4.78, 5) is 27.5. The van der Waals surface area contributed by atoms with Crippen LogP contribution in [0.2, 0.25) is 0 Å². The fourth-order valence-electron chi connectivity index (χ4n) is 3.14. The molecule has 2 saturated heterocycles. The lowest BCUT2D eigenvalue weighted by Crippen LogP contribution is -2.52. The van der Waals surface area contributed by atoms with Crippen molar-refractivity contribution in [3.8, 4) is 0 Å². The van der Waals surface area contributed by atoms with Crippen molar-refractivity contribution < 1.29 is 14.3 Å². The normalized spacial score (nSPS) is 23.0. The summed E-state index contributed by atoms with van der Waals surface area (Å²) >= 11 is 0. The van der Waals surface area contributed by atoms with Crippen molar-refractivity contribution in [3.05, 3.63) is 0 Å². The molecule has 0 aromatic heterocycles. The average molecular weight is 312 g/mol. The summed E-state index contributed by atoms with van der Waals surface area (Å²) in [5.74, 6) is 0. The predicted octanol–water partition coefficient (Wildman–Crippen LogP) is 1.00. The Bertz CT molecular complexity index is 372. The topological polar surface area (TPSA) is 73.9 Å². The molecule has 2 fully saturated rings. The Morgan fingerprint density at radius 2 is 1.91 bits per heavy atom. The van der Waals surface area contributed by atoms with Crippen LogP contribution in [0.15, 0.2) is 0 Å². The molecule has 0 aromatic rings. The Morgan fingerprint density at radius 1 is 1.14 bits per heavy atom. The van der Waals surface area contributed by atoms with Gasteiger partial charge in [-0.1, -0.05) is 6.42 Å². The van der Waals surface area contributed by atoms with Gasteiger partial charge in [-0.05, 0) is 38.8 Å². The van der Waals surface area contributed by atoms with Gasteiger partial charge in [-0.15, -0.1) is 0 Å². The summed E-state index contributed by atoms with van der Waals surface area (Å²) in [5, 5.41) is 5.86. The summed E-state index contributed by atoms with van der Waals surface area (Å²) in [6.45, 7) is 5.07. The smallest absolute Gasteiger partial charge is 0.409 e. The van der Waals surface area contributed by atoms with Crippen molar-refractivity contribution in [2.75, 3.05) is 46.4 Å². The first-order valence-electron chi connectivity index (χ1n) is 8.28. The summed E-state index contributed by atoms with van der Waals surface area (Å²) in [6, 6.07) is -0.142. The van der Waals surface area contributed by atoms with E-state index in [1.807, 2.05) is 0 Å². The minimum Gasteiger partial charge on any atom is -0.453 e. The van der Waals surface area contributed by atoms with E-state index in [1.165, 1.54) is 26.4 Å². The summed E-state index contributed by atoms with van der Waals surface area (Å²) < 4.78 is 4.73. The Hall–Kier alpha value is -1.50. The average Bonchev–Trinajstić information content (AvgIpc) is 2.55. The number of nitrogens with one attached hydrogen (secondary N) is 2. The maximum Gasteiger partial charge on any atom is 0.409 e. The molecule has 2 rings (SSSR count). The highest BCUT2D eigenvalue weighted by molar-refractivity contribution is 5.74. The van der Waals surface area contributed by atoms with E-state index in [0.29, 0.717) is 19.6 Å². The molecular formula is C15H28N4O3. The van der Waals surface area contributed by atoms with E-state index in [0.717, 1.165) is 32.5 Å². The van der Waals surface area contributed by atoms with Gasteiger partial charge in [0.1, 0.15) is 0 Å². The van der Waals surface area contributed by atoms with Gasteiger partial charge in [0.2, 0.25) is 0 Å². The SMILES string of the molecule is COC(=O)N1CCCC(NC(=O)NCCN2CCCCC2)C1. The molecule has 0 bridgehead atoms. The Morgan fingerprint density at radius 3 is 2.64 bits per heavy atom. The monoisotopic (exact) mass is 312 g/mol. The van der Waals surface area contributed by atoms with Gasteiger partial charge in [-0.2, -0.15) is 0 Å². The van der Waals surface area contributed by atoms with E-state index in [-0.39, 0.29) is 18.2 Å². The van der Waals surface area contributed by atoms with Gasteiger partial charge >= 0.3 is 12.1 Å². The van der Waals surface area contributed by atoms with Crippen LogP contribution in [-0.4, -0.2) is 74.3 Å². The molecule has 22 heavy (non-hydrogen) atoms. The van der Waals surface area contributed by atoms with Crippen molar-refractivity contribution in [2.24, 2.45) is 0 Å². The minimum atomic E-state index is -0.322. The molecule has 3 amide bonds. The van der Waals surface area contributed by atoms with Crippen LogP contribution in [0.4, 0.5) is 9.59 Å². The first-order chi connectivity index (χ1) is 10.7. The first-order valence-corrected chi connectivity index (χ1v) is 8.28. The molecule has 0 saturated carbocycles. The number of hydrogen-bond donors (Lipinski definition) is 2. The third-order valence-corrected chi connectivity index (χ3v) is 4.35. The van der Waals surface area contributed by atoms with Crippen LogP contribution in [0.1, 0.15) is 32.1 Å². The van der Waals surface area contributed by atoms with Gasteiger partial charge in [-0.25, -0.2) is 9.59 Å². The molecule has 2 aliphatic heterocycles. The maximum atomic E-state index is 11.9. The fraction of sp³-hybridized carbons (Fsp3) is 0.867. The van der Waals surface area contributed by atoms with E-state index < -0.39 is 0 Å². The third-order valence-electron chi connectivity index (χ3n) is 4.35. The number of urea groups is 1. The van der Waals surface area contributed by atoms with Crippen LogP contribution in [0.3, 0.4) is 0 Å². The third kappa shape index (κ3) is 5.36. The van der Waals surface area contributed by atoms with Crippen molar-refractivity contribution in [1.82, 2.24) is 20.4 Å². The van der Waals surface area contributed by atoms with Crippen LogP contribution in [-0.2, 0) is 4.74 Å². The molecule has 0 aliphatic carbocycles. The highest BCUT2D eigenvalue weighted by atomic mass is 16.5. The van der Waals surface area contributed by atoms with Crippen LogP contribution in [0.5, 0.6) is 0 Å². The lowest BCUT2D eigenvalue weighted by atomic mass is 10.1.